The molecule has 0 aromatic carbocycles. The second kappa shape index (κ2) is 6.73. The second-order valence-electron chi connectivity index (χ2n) is 5.89. The topological polar surface area (TPSA) is 140 Å². The maximum Gasteiger partial charge on any atom is 0.167 e. The Morgan fingerprint density at radius 2 is 2.16 bits per heavy atom. The van der Waals surface area contributed by atoms with Gasteiger partial charge >= 0.3 is 0 Å². The van der Waals surface area contributed by atoms with Crippen LogP contribution in [0, 0.1) is 11.3 Å². The smallest absolute Gasteiger partial charge is 0.167 e. The number of ether oxygens (including phenoxy) is 1. The first-order chi connectivity index (χ1) is 12.0. The molecular formula is C15H18N6O4. The molecule has 0 aliphatic carbocycles. The van der Waals surface area contributed by atoms with Gasteiger partial charge in [0.2, 0.25) is 0 Å². The van der Waals surface area contributed by atoms with Crippen LogP contribution in [0.15, 0.2) is 17.5 Å². The zero-order valence-electron chi connectivity index (χ0n) is 13.7. The lowest BCUT2D eigenvalue weighted by Gasteiger charge is -2.17. The van der Waals surface area contributed by atoms with Crippen molar-refractivity contribution in [3.63, 3.8) is 0 Å². The zero-order chi connectivity index (χ0) is 18.1. The fourth-order valence-corrected chi connectivity index (χ4v) is 2.73. The van der Waals surface area contributed by atoms with E-state index in [9.17, 15) is 20.6 Å². The predicted octanol–water partition coefficient (Wildman–Crippen LogP) is -0.864. The lowest BCUT2D eigenvalue weighted by Crippen LogP contribution is -2.33. The van der Waals surface area contributed by atoms with Crippen molar-refractivity contribution >= 4 is 23.2 Å². The van der Waals surface area contributed by atoms with E-state index in [0.717, 1.165) is 0 Å². The average molecular weight is 346 g/mol. The van der Waals surface area contributed by atoms with Gasteiger partial charge in [0.1, 0.15) is 36.4 Å². The molecule has 10 nitrogen and oxygen atoms in total. The molecule has 2 aromatic heterocycles. The summed E-state index contributed by atoms with van der Waals surface area (Å²) < 4.78 is 6.97. The van der Waals surface area contributed by atoms with Crippen LogP contribution in [-0.4, -0.2) is 80.1 Å². The average Bonchev–Trinajstić information content (AvgIpc) is 3.11. The minimum atomic E-state index is -1.28. The third-order valence-electron chi connectivity index (χ3n) is 3.91. The van der Waals surface area contributed by atoms with Crippen molar-refractivity contribution in [2.45, 2.75) is 24.5 Å². The van der Waals surface area contributed by atoms with Crippen molar-refractivity contribution in [1.29, 1.82) is 5.26 Å². The van der Waals surface area contributed by atoms with Crippen molar-refractivity contribution in [2.75, 3.05) is 20.7 Å². The minimum Gasteiger partial charge on any atom is -0.394 e. The molecule has 3 heterocycles. The van der Waals surface area contributed by atoms with Crippen LogP contribution in [0.1, 0.15) is 11.8 Å². The SMILES string of the molecule is CN(C)/C=N/c1ncnc2c1c(C#N)cn2C1OC(CO)C(O)C1O. The van der Waals surface area contributed by atoms with Gasteiger partial charge in [0, 0.05) is 20.3 Å². The third kappa shape index (κ3) is 2.94. The minimum absolute atomic E-state index is 0.263. The maximum absolute atomic E-state index is 10.2. The number of aliphatic imine (C=N–C) groups is 1. The van der Waals surface area contributed by atoms with E-state index in [-0.39, 0.29) is 5.56 Å². The van der Waals surface area contributed by atoms with Crippen LogP contribution < -0.4 is 0 Å². The highest BCUT2D eigenvalue weighted by Gasteiger charge is 2.44. The molecule has 132 valence electrons. The summed E-state index contributed by atoms with van der Waals surface area (Å²) in [5.41, 5.74) is 0.603. The van der Waals surface area contributed by atoms with Crippen LogP contribution in [0.2, 0.25) is 0 Å². The van der Waals surface area contributed by atoms with Crippen molar-refractivity contribution in [3.05, 3.63) is 18.1 Å². The molecule has 0 spiro atoms. The molecular weight excluding hydrogens is 328 g/mol. The van der Waals surface area contributed by atoms with Gasteiger partial charge in [0.15, 0.2) is 12.0 Å². The summed E-state index contributed by atoms with van der Waals surface area (Å²) in [6.45, 7) is -0.438. The first-order valence-electron chi connectivity index (χ1n) is 7.56. The Hall–Kier alpha value is -2.58. The van der Waals surface area contributed by atoms with Gasteiger partial charge in [-0.1, -0.05) is 0 Å². The van der Waals surface area contributed by atoms with Crippen LogP contribution in [-0.2, 0) is 4.74 Å². The van der Waals surface area contributed by atoms with Crippen LogP contribution in [0.5, 0.6) is 0 Å². The Bertz CT molecular complexity index is 842. The van der Waals surface area contributed by atoms with Gasteiger partial charge in [0.25, 0.3) is 0 Å². The number of hydrogen-bond donors (Lipinski definition) is 3. The summed E-state index contributed by atoms with van der Waals surface area (Å²) in [4.78, 5) is 14.2. The Morgan fingerprint density at radius 1 is 1.40 bits per heavy atom. The monoisotopic (exact) mass is 346 g/mol. The van der Waals surface area contributed by atoms with Crippen LogP contribution in [0.25, 0.3) is 11.0 Å². The number of aliphatic hydroxyl groups is 3. The second-order valence-corrected chi connectivity index (χ2v) is 5.89. The van der Waals surface area contributed by atoms with E-state index in [4.69, 9.17) is 4.74 Å². The molecule has 4 unspecified atom stereocenters. The Morgan fingerprint density at radius 3 is 2.76 bits per heavy atom. The molecule has 3 rings (SSSR count). The largest absolute Gasteiger partial charge is 0.394 e. The van der Waals surface area contributed by atoms with Gasteiger partial charge < -0.3 is 29.5 Å². The number of hydrogen-bond acceptors (Lipinski definition) is 8. The molecule has 4 atom stereocenters. The zero-order valence-corrected chi connectivity index (χ0v) is 13.7. The summed E-state index contributed by atoms with van der Waals surface area (Å²) >= 11 is 0. The molecule has 2 aromatic rings. The molecule has 1 fully saturated rings. The Balaban J connectivity index is 2.13. The fourth-order valence-electron chi connectivity index (χ4n) is 2.73. The van der Waals surface area contributed by atoms with Crippen LogP contribution in [0.4, 0.5) is 5.82 Å². The van der Waals surface area contributed by atoms with E-state index >= 15 is 0 Å². The normalized spacial score (nSPS) is 26.4. The van der Waals surface area contributed by atoms with Gasteiger partial charge in [-0.25, -0.2) is 15.0 Å². The highest BCUT2D eigenvalue weighted by molar-refractivity contribution is 5.92. The predicted molar refractivity (Wildman–Crippen MR) is 87.1 cm³/mol. The first-order valence-corrected chi connectivity index (χ1v) is 7.56. The van der Waals surface area contributed by atoms with E-state index in [1.807, 2.05) is 0 Å². The maximum atomic E-state index is 10.2. The molecule has 0 saturated carbocycles. The molecule has 10 heteroatoms. The molecule has 0 radical (unpaired) electrons. The van der Waals surface area contributed by atoms with Crippen LogP contribution >= 0.6 is 0 Å². The van der Waals surface area contributed by atoms with E-state index in [1.165, 1.54) is 17.1 Å². The lowest BCUT2D eigenvalue weighted by molar-refractivity contribution is -0.0508. The number of aromatic nitrogens is 3. The fraction of sp³-hybridized carbons (Fsp3) is 0.467. The summed E-state index contributed by atoms with van der Waals surface area (Å²) in [6, 6.07) is 2.06. The third-order valence-corrected chi connectivity index (χ3v) is 3.91. The number of rotatable bonds is 4. The van der Waals surface area contributed by atoms with Crippen molar-refractivity contribution in [1.82, 2.24) is 19.4 Å². The van der Waals surface area contributed by atoms with Gasteiger partial charge in [0.05, 0.1) is 23.9 Å². The van der Waals surface area contributed by atoms with Crippen LogP contribution in [0.3, 0.4) is 0 Å². The number of aliphatic hydroxyl groups excluding tert-OH is 3. The van der Waals surface area contributed by atoms with Gasteiger partial charge in [-0.15, -0.1) is 0 Å². The number of nitriles is 1. The van der Waals surface area contributed by atoms with Gasteiger partial charge in [-0.2, -0.15) is 5.26 Å². The Labute approximate surface area is 143 Å². The van der Waals surface area contributed by atoms with E-state index in [2.05, 4.69) is 21.0 Å². The van der Waals surface area contributed by atoms with E-state index < -0.39 is 31.1 Å². The lowest BCUT2D eigenvalue weighted by atomic mass is 10.1. The van der Waals surface area contributed by atoms with Crippen molar-refractivity contribution in [3.8, 4) is 6.07 Å². The van der Waals surface area contributed by atoms with E-state index in [1.54, 1.807) is 25.3 Å². The number of nitrogens with zero attached hydrogens (tertiary/aromatic N) is 6. The number of fused-ring (bicyclic) bond motifs is 1. The first kappa shape index (κ1) is 17.2. The highest BCUT2D eigenvalue weighted by Crippen LogP contribution is 2.35. The molecule has 0 bridgehead atoms. The van der Waals surface area contributed by atoms with E-state index in [0.29, 0.717) is 16.9 Å². The molecule has 1 saturated heterocycles. The van der Waals surface area contributed by atoms with Crippen molar-refractivity contribution < 1.29 is 20.1 Å². The molecule has 0 amide bonds. The van der Waals surface area contributed by atoms with Crippen molar-refractivity contribution in [2.24, 2.45) is 4.99 Å². The Kier molecular flexibility index (Phi) is 4.65. The molecule has 3 N–H and O–H groups in total. The summed E-state index contributed by atoms with van der Waals surface area (Å²) in [5, 5.41) is 39.3. The van der Waals surface area contributed by atoms with Gasteiger partial charge in [-0.3, -0.25) is 0 Å². The standard InChI is InChI=1S/C15H18N6O4/c1-20(2)7-19-13-10-8(3-16)4-21(14(10)18-6-17-13)15-12(24)11(23)9(5-22)25-15/h4,6-7,9,11-12,15,22-24H,5H2,1-2H3/b19-7+. The molecule has 25 heavy (non-hydrogen) atoms. The molecule has 1 aliphatic heterocycles. The highest BCUT2D eigenvalue weighted by atomic mass is 16.6. The quantitative estimate of drug-likeness (QED) is 0.480. The summed E-state index contributed by atoms with van der Waals surface area (Å²) in [6.07, 6.45) is -0.118. The molecule has 1 aliphatic rings. The summed E-state index contributed by atoms with van der Waals surface area (Å²) in [7, 11) is 3.61. The van der Waals surface area contributed by atoms with Gasteiger partial charge in [-0.05, 0) is 0 Å². The summed E-state index contributed by atoms with van der Waals surface area (Å²) in [5.74, 6) is 0.306.